The number of carbonyl (C=O) groups excluding carboxylic acids is 1. The molecule has 0 saturated heterocycles. The van der Waals surface area contributed by atoms with E-state index in [4.69, 9.17) is 13.9 Å². The van der Waals surface area contributed by atoms with E-state index in [1.165, 1.54) is 0 Å². The number of amides is 1. The second kappa shape index (κ2) is 8.38. The number of methoxy groups -OCH3 is 1. The average molecular weight is 445 g/mol. The van der Waals surface area contributed by atoms with Gasteiger partial charge in [-0.2, -0.15) is 5.10 Å². The summed E-state index contributed by atoms with van der Waals surface area (Å²) in [5, 5.41) is 17.8. The molecule has 1 atom stereocenters. The van der Waals surface area contributed by atoms with Gasteiger partial charge in [0.15, 0.2) is 11.5 Å². The fourth-order valence-corrected chi connectivity index (χ4v) is 4.28. The van der Waals surface area contributed by atoms with Gasteiger partial charge in [0.2, 0.25) is 0 Å². The Morgan fingerprint density at radius 2 is 2.00 bits per heavy atom. The number of carbonyl (C=O) groups is 1. The highest BCUT2D eigenvalue weighted by atomic mass is 16.5. The summed E-state index contributed by atoms with van der Waals surface area (Å²) >= 11 is 0. The predicted molar refractivity (Wildman–Crippen MR) is 120 cm³/mol. The number of aromatic hydroxyl groups is 1. The van der Waals surface area contributed by atoms with E-state index >= 15 is 0 Å². The molecule has 0 saturated carbocycles. The number of hydrogen-bond acceptors (Lipinski definition) is 6. The Morgan fingerprint density at radius 3 is 2.73 bits per heavy atom. The molecule has 0 fully saturated rings. The smallest absolute Gasteiger partial charge is 0.273 e. The Balaban J connectivity index is 1.67. The van der Waals surface area contributed by atoms with Crippen molar-refractivity contribution in [1.29, 1.82) is 0 Å². The molecular formula is C25H23N3O5. The van der Waals surface area contributed by atoms with Crippen molar-refractivity contribution in [2.45, 2.75) is 19.5 Å². The molecule has 0 radical (unpaired) electrons. The zero-order chi connectivity index (χ0) is 22.9. The number of benzene rings is 2. The number of fused-ring (bicyclic) bond motifs is 1. The van der Waals surface area contributed by atoms with Gasteiger partial charge in [0.25, 0.3) is 5.91 Å². The van der Waals surface area contributed by atoms with Gasteiger partial charge >= 0.3 is 0 Å². The highest BCUT2D eigenvalue weighted by Crippen LogP contribution is 2.46. The molecule has 0 bridgehead atoms. The van der Waals surface area contributed by atoms with Crippen molar-refractivity contribution in [2.75, 3.05) is 13.7 Å². The molecule has 1 aliphatic rings. The van der Waals surface area contributed by atoms with Crippen LogP contribution in [0.2, 0.25) is 0 Å². The largest absolute Gasteiger partial charge is 0.507 e. The van der Waals surface area contributed by atoms with Crippen molar-refractivity contribution in [3.8, 4) is 28.5 Å². The number of nitrogens with one attached hydrogen (secondary N) is 1. The van der Waals surface area contributed by atoms with Gasteiger partial charge < -0.3 is 23.9 Å². The summed E-state index contributed by atoms with van der Waals surface area (Å²) in [7, 11) is 1.58. The first-order chi connectivity index (χ1) is 16.1. The molecule has 168 valence electrons. The molecule has 0 unspecified atom stereocenters. The van der Waals surface area contributed by atoms with E-state index in [2.05, 4.69) is 10.2 Å². The van der Waals surface area contributed by atoms with E-state index in [1.54, 1.807) is 42.5 Å². The first-order valence-electron chi connectivity index (χ1n) is 10.6. The number of phenolic OH excluding ortho intramolecular Hbond substituents is 1. The summed E-state index contributed by atoms with van der Waals surface area (Å²) in [6.07, 6.45) is 1.58. The third-order valence-electron chi connectivity index (χ3n) is 5.73. The number of furan rings is 1. The standard InChI is InChI=1S/C25H23N3O5/c1-3-32-19-11-10-15(13-20(19)31-2)24-21-22(17-8-4-5-9-18(17)29)26-27-23(21)25(30)28(24)14-16-7-6-12-33-16/h4-13,24,29H,3,14H2,1-2H3,(H,26,27)/t24-/m1/s1. The van der Waals surface area contributed by atoms with Gasteiger partial charge in [-0.3, -0.25) is 9.89 Å². The minimum atomic E-state index is -0.476. The van der Waals surface area contributed by atoms with Crippen LogP contribution in [0.3, 0.4) is 0 Å². The number of aromatic nitrogens is 2. The highest BCUT2D eigenvalue weighted by molar-refractivity contribution is 6.00. The molecule has 0 spiro atoms. The van der Waals surface area contributed by atoms with Crippen molar-refractivity contribution < 1.29 is 23.8 Å². The molecule has 0 aliphatic carbocycles. The van der Waals surface area contributed by atoms with E-state index in [-0.39, 0.29) is 18.2 Å². The van der Waals surface area contributed by atoms with Gasteiger partial charge in [0, 0.05) is 11.1 Å². The normalized spacial score (nSPS) is 15.0. The van der Waals surface area contributed by atoms with Crippen LogP contribution >= 0.6 is 0 Å². The summed E-state index contributed by atoms with van der Waals surface area (Å²) in [4.78, 5) is 15.2. The van der Waals surface area contributed by atoms with Crippen LogP contribution < -0.4 is 9.47 Å². The lowest BCUT2D eigenvalue weighted by Gasteiger charge is -2.26. The topological polar surface area (TPSA) is 101 Å². The number of hydrogen-bond donors (Lipinski definition) is 2. The zero-order valence-corrected chi connectivity index (χ0v) is 18.2. The van der Waals surface area contributed by atoms with E-state index in [1.807, 2.05) is 37.3 Å². The van der Waals surface area contributed by atoms with E-state index in [0.29, 0.717) is 46.4 Å². The summed E-state index contributed by atoms with van der Waals surface area (Å²) in [6.45, 7) is 2.69. The molecule has 2 aromatic heterocycles. The lowest BCUT2D eigenvalue weighted by molar-refractivity contribution is 0.0717. The van der Waals surface area contributed by atoms with E-state index in [0.717, 1.165) is 5.56 Å². The van der Waals surface area contributed by atoms with Gasteiger partial charge in [-0.25, -0.2) is 0 Å². The van der Waals surface area contributed by atoms with Gasteiger partial charge in [-0.05, 0) is 48.9 Å². The molecule has 1 aliphatic heterocycles. The Morgan fingerprint density at radius 1 is 1.15 bits per heavy atom. The lowest BCUT2D eigenvalue weighted by atomic mass is 9.95. The maximum atomic E-state index is 13.5. The molecule has 1 amide bonds. The number of ether oxygens (including phenoxy) is 2. The van der Waals surface area contributed by atoms with Crippen molar-refractivity contribution >= 4 is 5.91 Å². The molecule has 8 heteroatoms. The maximum Gasteiger partial charge on any atom is 0.273 e. The van der Waals surface area contributed by atoms with Gasteiger partial charge in [-0.15, -0.1) is 0 Å². The molecule has 2 N–H and O–H groups in total. The second-order valence-electron chi connectivity index (χ2n) is 7.64. The van der Waals surface area contributed by atoms with Crippen LogP contribution in [0.15, 0.2) is 65.3 Å². The Bertz CT molecular complexity index is 1300. The minimum Gasteiger partial charge on any atom is -0.507 e. The first kappa shape index (κ1) is 20.7. The SMILES string of the molecule is CCOc1ccc([C@@H]2c3c(-c4ccccc4O)n[nH]c3C(=O)N2Cc2ccco2)cc1OC. The molecule has 8 nitrogen and oxygen atoms in total. The van der Waals surface area contributed by atoms with Gasteiger partial charge in [-0.1, -0.05) is 18.2 Å². The summed E-state index contributed by atoms with van der Waals surface area (Å²) < 4.78 is 16.8. The Hall–Kier alpha value is -4.20. The van der Waals surface area contributed by atoms with E-state index in [9.17, 15) is 9.90 Å². The van der Waals surface area contributed by atoms with Gasteiger partial charge in [0.1, 0.15) is 22.9 Å². The Labute approximate surface area is 190 Å². The second-order valence-corrected chi connectivity index (χ2v) is 7.64. The van der Waals surface area contributed by atoms with Crippen molar-refractivity contribution in [3.63, 3.8) is 0 Å². The number of para-hydroxylation sites is 1. The van der Waals surface area contributed by atoms with Crippen LogP contribution in [-0.2, 0) is 6.54 Å². The van der Waals surface area contributed by atoms with E-state index < -0.39 is 6.04 Å². The summed E-state index contributed by atoms with van der Waals surface area (Å²) in [5.41, 5.74) is 2.98. The molecule has 4 aromatic rings. The monoisotopic (exact) mass is 445 g/mol. The maximum absolute atomic E-state index is 13.5. The zero-order valence-electron chi connectivity index (χ0n) is 18.2. The molecule has 5 rings (SSSR count). The average Bonchev–Trinajstić information content (AvgIpc) is 3.55. The van der Waals surface area contributed by atoms with Crippen LogP contribution in [-0.4, -0.2) is 39.8 Å². The summed E-state index contributed by atoms with van der Waals surface area (Å²) in [5.74, 6) is 1.74. The van der Waals surface area contributed by atoms with Crippen LogP contribution in [0.4, 0.5) is 0 Å². The molecule has 33 heavy (non-hydrogen) atoms. The first-order valence-corrected chi connectivity index (χ1v) is 10.6. The third-order valence-corrected chi connectivity index (χ3v) is 5.73. The predicted octanol–water partition coefficient (Wildman–Crippen LogP) is 4.53. The number of aromatic amines is 1. The van der Waals surface area contributed by atoms with Crippen LogP contribution in [0, 0.1) is 0 Å². The Kier molecular flexibility index (Phi) is 5.26. The highest BCUT2D eigenvalue weighted by Gasteiger charge is 2.43. The van der Waals surface area contributed by atoms with Crippen LogP contribution in [0.25, 0.3) is 11.3 Å². The van der Waals surface area contributed by atoms with Crippen molar-refractivity contribution in [3.05, 3.63) is 83.4 Å². The van der Waals surface area contributed by atoms with Gasteiger partial charge in [0.05, 0.1) is 32.6 Å². The lowest BCUT2D eigenvalue weighted by Crippen LogP contribution is -2.29. The summed E-state index contributed by atoms with van der Waals surface area (Å²) in [6, 6.07) is 15.7. The van der Waals surface area contributed by atoms with Crippen molar-refractivity contribution in [2.24, 2.45) is 0 Å². The van der Waals surface area contributed by atoms with Crippen LogP contribution in [0.5, 0.6) is 17.2 Å². The number of nitrogens with zero attached hydrogens (tertiary/aromatic N) is 2. The van der Waals surface area contributed by atoms with Crippen molar-refractivity contribution in [1.82, 2.24) is 15.1 Å². The fourth-order valence-electron chi connectivity index (χ4n) is 4.28. The van der Waals surface area contributed by atoms with Crippen LogP contribution in [0.1, 0.15) is 40.3 Å². The molecule has 2 aromatic carbocycles. The number of rotatable bonds is 7. The quantitative estimate of drug-likeness (QED) is 0.434. The fraction of sp³-hybridized carbons (Fsp3) is 0.200. The minimum absolute atomic E-state index is 0.0896. The molecular weight excluding hydrogens is 422 g/mol. The molecule has 3 heterocycles. The third kappa shape index (κ3) is 3.49. The number of H-pyrrole nitrogens is 1. The number of phenols is 1.